The van der Waals surface area contributed by atoms with Gasteiger partial charge in [0.05, 0.1) is 6.61 Å². The van der Waals surface area contributed by atoms with Crippen LogP contribution in [0.15, 0.2) is 24.3 Å². The summed E-state index contributed by atoms with van der Waals surface area (Å²) in [5.74, 6) is 6.24. The van der Waals surface area contributed by atoms with E-state index in [1.165, 1.54) is 12.8 Å². The third-order valence-corrected chi connectivity index (χ3v) is 2.27. The maximum Gasteiger partial charge on any atom is 0.123 e. The molecule has 0 saturated carbocycles. The molecule has 0 aromatic heterocycles. The predicted molar refractivity (Wildman–Crippen MR) is 62.5 cm³/mol. The minimum atomic E-state index is 0.643. The van der Waals surface area contributed by atoms with Gasteiger partial charge in [-0.15, -0.1) is 0 Å². The Labute approximate surface area is 91.6 Å². The first-order valence-electron chi connectivity index (χ1n) is 5.52. The molecule has 0 spiro atoms. The Kier molecular flexibility index (Phi) is 5.81. The highest BCUT2D eigenvalue weighted by atomic mass is 16.5. The van der Waals surface area contributed by atoms with Gasteiger partial charge in [0.2, 0.25) is 0 Å². The van der Waals surface area contributed by atoms with E-state index in [0.717, 1.165) is 24.3 Å². The summed E-state index contributed by atoms with van der Waals surface area (Å²) in [7, 11) is 0. The first kappa shape index (κ1) is 12.0. The average molecular weight is 208 g/mol. The number of para-hydroxylation sites is 1. The number of hydrogen-bond donors (Lipinski definition) is 2. The van der Waals surface area contributed by atoms with E-state index in [9.17, 15) is 0 Å². The van der Waals surface area contributed by atoms with Gasteiger partial charge in [0.25, 0.3) is 0 Å². The zero-order valence-corrected chi connectivity index (χ0v) is 9.33. The van der Waals surface area contributed by atoms with Gasteiger partial charge in [-0.25, -0.2) is 0 Å². The van der Waals surface area contributed by atoms with Crippen LogP contribution in [0.4, 0.5) is 0 Å². The van der Waals surface area contributed by atoms with E-state index < -0.39 is 0 Å². The molecular formula is C12H20N2O. The van der Waals surface area contributed by atoms with Gasteiger partial charge in [0.1, 0.15) is 5.75 Å². The fourth-order valence-corrected chi connectivity index (χ4v) is 1.43. The molecular weight excluding hydrogens is 188 g/mol. The van der Waals surface area contributed by atoms with Crippen molar-refractivity contribution in [2.75, 3.05) is 6.61 Å². The van der Waals surface area contributed by atoms with Crippen LogP contribution in [-0.4, -0.2) is 6.61 Å². The highest BCUT2D eigenvalue weighted by Crippen LogP contribution is 2.17. The molecule has 1 aromatic carbocycles. The van der Waals surface area contributed by atoms with Crippen molar-refractivity contribution in [3.05, 3.63) is 29.8 Å². The molecule has 84 valence electrons. The van der Waals surface area contributed by atoms with Crippen molar-refractivity contribution in [2.45, 2.75) is 32.7 Å². The maximum absolute atomic E-state index is 5.70. The van der Waals surface area contributed by atoms with Crippen molar-refractivity contribution >= 4 is 0 Å². The zero-order chi connectivity index (χ0) is 10.9. The van der Waals surface area contributed by atoms with Crippen LogP contribution in [0.5, 0.6) is 5.75 Å². The zero-order valence-electron chi connectivity index (χ0n) is 9.33. The van der Waals surface area contributed by atoms with Gasteiger partial charge < -0.3 is 4.74 Å². The second-order valence-corrected chi connectivity index (χ2v) is 3.54. The summed E-state index contributed by atoms with van der Waals surface area (Å²) < 4.78 is 5.70. The number of unbranched alkanes of at least 4 members (excludes halogenated alkanes) is 2. The average Bonchev–Trinajstić information content (AvgIpc) is 2.27. The van der Waals surface area contributed by atoms with Crippen LogP contribution >= 0.6 is 0 Å². The summed E-state index contributed by atoms with van der Waals surface area (Å²) in [5, 5.41) is 0. The Hall–Kier alpha value is -1.06. The lowest BCUT2D eigenvalue weighted by Crippen LogP contribution is -2.21. The Balaban J connectivity index is 2.44. The van der Waals surface area contributed by atoms with Gasteiger partial charge >= 0.3 is 0 Å². The lowest BCUT2D eigenvalue weighted by Gasteiger charge is -2.10. The Morgan fingerprint density at radius 2 is 2.07 bits per heavy atom. The van der Waals surface area contributed by atoms with Crippen molar-refractivity contribution in [2.24, 2.45) is 5.84 Å². The SMILES string of the molecule is CCCCCOc1ccccc1CNN. The predicted octanol–water partition coefficient (Wildman–Crippen LogP) is 2.22. The minimum Gasteiger partial charge on any atom is -0.493 e. The maximum atomic E-state index is 5.70. The van der Waals surface area contributed by atoms with Crippen molar-refractivity contribution < 1.29 is 4.74 Å². The molecule has 1 aromatic rings. The molecule has 0 aliphatic carbocycles. The number of rotatable bonds is 7. The first-order valence-corrected chi connectivity index (χ1v) is 5.52. The highest BCUT2D eigenvalue weighted by molar-refractivity contribution is 5.33. The molecule has 0 saturated heterocycles. The highest BCUT2D eigenvalue weighted by Gasteiger charge is 2.00. The second kappa shape index (κ2) is 7.26. The molecule has 3 heteroatoms. The molecule has 15 heavy (non-hydrogen) atoms. The molecule has 0 atom stereocenters. The van der Waals surface area contributed by atoms with E-state index in [1.54, 1.807) is 0 Å². The van der Waals surface area contributed by atoms with Crippen LogP contribution < -0.4 is 16.0 Å². The lowest BCUT2D eigenvalue weighted by molar-refractivity contribution is 0.302. The Morgan fingerprint density at radius 3 is 2.80 bits per heavy atom. The van der Waals surface area contributed by atoms with Crippen LogP contribution in [0.2, 0.25) is 0 Å². The van der Waals surface area contributed by atoms with Gasteiger partial charge in [0.15, 0.2) is 0 Å². The number of ether oxygens (including phenoxy) is 1. The van der Waals surface area contributed by atoms with Crippen molar-refractivity contribution in [3.63, 3.8) is 0 Å². The standard InChI is InChI=1S/C12H20N2O/c1-2-3-6-9-15-12-8-5-4-7-11(12)10-14-13/h4-5,7-8,14H,2-3,6,9-10,13H2,1H3. The molecule has 0 amide bonds. The fourth-order valence-electron chi connectivity index (χ4n) is 1.43. The number of nitrogens with two attached hydrogens (primary N) is 1. The number of hydrazine groups is 1. The molecule has 0 radical (unpaired) electrons. The summed E-state index contributed by atoms with van der Waals surface area (Å²) in [6, 6.07) is 7.98. The van der Waals surface area contributed by atoms with Gasteiger partial charge in [-0.2, -0.15) is 0 Å². The summed E-state index contributed by atoms with van der Waals surface area (Å²) in [6.45, 7) is 3.62. The van der Waals surface area contributed by atoms with E-state index in [2.05, 4.69) is 12.3 Å². The molecule has 0 bridgehead atoms. The van der Waals surface area contributed by atoms with Gasteiger partial charge in [-0.1, -0.05) is 38.0 Å². The lowest BCUT2D eigenvalue weighted by atomic mass is 10.2. The Bertz CT molecular complexity index is 276. The van der Waals surface area contributed by atoms with Gasteiger partial charge in [-0.05, 0) is 12.5 Å². The van der Waals surface area contributed by atoms with Gasteiger partial charge in [0, 0.05) is 12.1 Å². The largest absolute Gasteiger partial charge is 0.493 e. The number of hydrogen-bond acceptors (Lipinski definition) is 3. The second-order valence-electron chi connectivity index (χ2n) is 3.54. The third kappa shape index (κ3) is 4.32. The quantitative estimate of drug-likeness (QED) is 0.410. The van der Waals surface area contributed by atoms with Crippen LogP contribution in [0.1, 0.15) is 31.7 Å². The number of nitrogens with one attached hydrogen (secondary N) is 1. The third-order valence-electron chi connectivity index (χ3n) is 2.27. The molecule has 0 fully saturated rings. The Morgan fingerprint density at radius 1 is 1.27 bits per heavy atom. The summed E-state index contributed by atoms with van der Waals surface area (Å²) in [6.07, 6.45) is 3.55. The minimum absolute atomic E-state index is 0.643. The smallest absolute Gasteiger partial charge is 0.123 e. The molecule has 0 aliphatic rings. The molecule has 3 nitrogen and oxygen atoms in total. The number of benzene rings is 1. The van der Waals surface area contributed by atoms with E-state index in [-0.39, 0.29) is 0 Å². The van der Waals surface area contributed by atoms with Crippen molar-refractivity contribution in [1.82, 2.24) is 5.43 Å². The van der Waals surface area contributed by atoms with Crippen LogP contribution in [0.25, 0.3) is 0 Å². The van der Waals surface area contributed by atoms with Crippen molar-refractivity contribution in [3.8, 4) is 5.75 Å². The van der Waals surface area contributed by atoms with E-state index in [0.29, 0.717) is 6.54 Å². The molecule has 0 aliphatic heterocycles. The monoisotopic (exact) mass is 208 g/mol. The summed E-state index contributed by atoms with van der Waals surface area (Å²) in [5.41, 5.74) is 3.75. The molecule has 3 N–H and O–H groups in total. The van der Waals surface area contributed by atoms with Crippen LogP contribution in [0, 0.1) is 0 Å². The summed E-state index contributed by atoms with van der Waals surface area (Å²) in [4.78, 5) is 0. The molecule has 1 rings (SSSR count). The van der Waals surface area contributed by atoms with Crippen LogP contribution in [0.3, 0.4) is 0 Å². The van der Waals surface area contributed by atoms with Crippen LogP contribution in [-0.2, 0) is 6.54 Å². The van der Waals surface area contributed by atoms with Crippen molar-refractivity contribution in [1.29, 1.82) is 0 Å². The van der Waals surface area contributed by atoms with E-state index >= 15 is 0 Å². The normalized spacial score (nSPS) is 10.3. The molecule has 0 unspecified atom stereocenters. The fraction of sp³-hybridized carbons (Fsp3) is 0.500. The topological polar surface area (TPSA) is 47.3 Å². The first-order chi connectivity index (χ1) is 7.38. The van der Waals surface area contributed by atoms with Gasteiger partial charge in [-0.3, -0.25) is 11.3 Å². The summed E-state index contributed by atoms with van der Waals surface area (Å²) >= 11 is 0. The molecule has 0 heterocycles. The van der Waals surface area contributed by atoms with E-state index in [1.807, 2.05) is 24.3 Å². The van der Waals surface area contributed by atoms with E-state index in [4.69, 9.17) is 10.6 Å².